The van der Waals surface area contributed by atoms with Crippen molar-refractivity contribution in [3.63, 3.8) is 0 Å². The molecule has 45 heavy (non-hydrogen) atoms. The maximum absolute atomic E-state index is 12.8. The fourth-order valence-electron chi connectivity index (χ4n) is 6.49. The highest BCUT2D eigenvalue weighted by Gasteiger charge is 2.28. The quantitative estimate of drug-likeness (QED) is 0.226. The molecule has 0 radical (unpaired) electrons. The van der Waals surface area contributed by atoms with E-state index < -0.39 is 0 Å². The highest BCUT2D eigenvalue weighted by molar-refractivity contribution is 7.17. The zero-order chi connectivity index (χ0) is 30.9. The van der Waals surface area contributed by atoms with Crippen molar-refractivity contribution in [1.29, 1.82) is 5.26 Å². The summed E-state index contributed by atoms with van der Waals surface area (Å²) in [6, 6.07) is 12.5. The summed E-state index contributed by atoms with van der Waals surface area (Å²) in [7, 11) is 3.16. The first-order valence-electron chi connectivity index (χ1n) is 15.9. The second-order valence-corrected chi connectivity index (χ2v) is 12.9. The molecule has 0 atom stereocenters. The number of carbonyl (C=O) groups is 2. The van der Waals surface area contributed by atoms with Gasteiger partial charge in [0.05, 0.1) is 37.3 Å². The summed E-state index contributed by atoms with van der Waals surface area (Å²) < 4.78 is 16.5. The van der Waals surface area contributed by atoms with E-state index in [0.717, 1.165) is 67.3 Å². The van der Waals surface area contributed by atoms with E-state index in [0.29, 0.717) is 23.1 Å². The lowest BCUT2D eigenvalue weighted by molar-refractivity contribution is -0.152. The van der Waals surface area contributed by atoms with Gasteiger partial charge in [-0.15, -0.1) is 23.7 Å². The summed E-state index contributed by atoms with van der Waals surface area (Å²) in [4.78, 5) is 33.2. The van der Waals surface area contributed by atoms with Crippen LogP contribution >= 0.6 is 23.7 Å². The Morgan fingerprint density at radius 1 is 0.911 bits per heavy atom. The third-order valence-electron chi connectivity index (χ3n) is 9.03. The normalized spacial score (nSPS) is 18.6. The number of allylic oxidation sites excluding steroid dienone is 1. The third-order valence-corrected chi connectivity index (χ3v) is 10.1. The predicted molar refractivity (Wildman–Crippen MR) is 180 cm³/mol. The highest BCUT2D eigenvalue weighted by atomic mass is 35.5. The fraction of sp³-hybridized carbons (Fsp3) is 0.559. The molecule has 3 fully saturated rings. The van der Waals surface area contributed by atoms with Gasteiger partial charge in [0, 0.05) is 56.4 Å². The molecule has 1 aromatic carbocycles. The molecule has 2 aromatic rings. The first kappa shape index (κ1) is 34.6. The molecule has 3 aliphatic heterocycles. The number of thiophene rings is 1. The van der Waals surface area contributed by atoms with E-state index in [1.54, 1.807) is 31.6 Å². The molecular formula is C34H45ClN4O5S. The van der Waals surface area contributed by atoms with Gasteiger partial charge in [-0.1, -0.05) is 6.42 Å². The van der Waals surface area contributed by atoms with Gasteiger partial charge in [0.1, 0.15) is 6.10 Å². The minimum absolute atomic E-state index is 0. The molecule has 4 heterocycles. The van der Waals surface area contributed by atoms with Crippen LogP contribution in [0.2, 0.25) is 0 Å². The fourth-order valence-corrected chi connectivity index (χ4v) is 7.49. The largest absolute Gasteiger partial charge is 0.493 e. The third kappa shape index (κ3) is 9.15. The minimum Gasteiger partial charge on any atom is -0.493 e. The van der Waals surface area contributed by atoms with Gasteiger partial charge in [0.25, 0.3) is 0 Å². The molecule has 3 aliphatic rings. The first-order chi connectivity index (χ1) is 21.5. The number of nitrogens with zero attached hydrogens (tertiary/aromatic N) is 4. The number of methoxy groups -OCH3 is 2. The number of piperidine rings is 3. The monoisotopic (exact) mass is 656 g/mol. The lowest BCUT2D eigenvalue weighted by atomic mass is 9.99. The van der Waals surface area contributed by atoms with Crippen molar-refractivity contribution in [3.8, 4) is 17.6 Å². The highest BCUT2D eigenvalue weighted by Crippen LogP contribution is 2.34. The number of anilines is 1. The number of hydrogen-bond donors (Lipinski definition) is 0. The number of halogens is 1. The summed E-state index contributed by atoms with van der Waals surface area (Å²) in [5.74, 6) is 0.995. The Morgan fingerprint density at radius 2 is 1.62 bits per heavy atom. The zero-order valence-electron chi connectivity index (χ0n) is 26.4. The molecule has 1 amide bonds. The van der Waals surface area contributed by atoms with E-state index in [2.05, 4.69) is 21.9 Å². The molecule has 0 unspecified atom stereocenters. The molecule has 1 aromatic heterocycles. The van der Waals surface area contributed by atoms with E-state index in [1.165, 1.54) is 32.4 Å². The number of rotatable bonds is 10. The second-order valence-electron chi connectivity index (χ2n) is 11.8. The van der Waals surface area contributed by atoms with Crippen molar-refractivity contribution in [2.24, 2.45) is 0 Å². The predicted octanol–water partition coefficient (Wildman–Crippen LogP) is 6.02. The lowest BCUT2D eigenvalue weighted by Gasteiger charge is -2.40. The molecule has 0 saturated carbocycles. The van der Waals surface area contributed by atoms with Gasteiger partial charge in [-0.2, -0.15) is 5.26 Å². The van der Waals surface area contributed by atoms with Crippen LogP contribution in [0.4, 0.5) is 5.00 Å². The Labute approximate surface area is 277 Å². The Hall–Kier alpha value is -3.26. The van der Waals surface area contributed by atoms with Crippen molar-refractivity contribution in [1.82, 2.24) is 9.80 Å². The van der Waals surface area contributed by atoms with Crippen molar-refractivity contribution < 1.29 is 23.8 Å². The molecular weight excluding hydrogens is 612 g/mol. The molecule has 9 nitrogen and oxygen atoms in total. The van der Waals surface area contributed by atoms with E-state index >= 15 is 0 Å². The van der Waals surface area contributed by atoms with Gasteiger partial charge in [0.2, 0.25) is 5.91 Å². The average Bonchev–Trinajstić information content (AvgIpc) is 3.55. The van der Waals surface area contributed by atoms with Gasteiger partial charge in [-0.25, -0.2) is 0 Å². The Bertz CT molecular complexity index is 1350. The second kappa shape index (κ2) is 16.9. The van der Waals surface area contributed by atoms with Crippen LogP contribution in [-0.2, 0) is 14.3 Å². The van der Waals surface area contributed by atoms with Gasteiger partial charge in [0.15, 0.2) is 11.5 Å². The van der Waals surface area contributed by atoms with Crippen molar-refractivity contribution in [2.45, 2.75) is 69.9 Å². The minimum atomic E-state index is -0.275. The number of ether oxygens (including phenoxy) is 3. The van der Waals surface area contributed by atoms with Crippen LogP contribution in [0.15, 0.2) is 30.3 Å². The zero-order valence-corrected chi connectivity index (χ0v) is 28.0. The van der Waals surface area contributed by atoms with Crippen LogP contribution in [-0.4, -0.2) is 87.3 Å². The van der Waals surface area contributed by atoms with Gasteiger partial charge in [-0.3, -0.25) is 9.59 Å². The number of amides is 1. The van der Waals surface area contributed by atoms with Crippen LogP contribution in [0.3, 0.4) is 0 Å². The average molecular weight is 657 g/mol. The number of esters is 1. The molecule has 3 saturated heterocycles. The molecule has 244 valence electrons. The molecule has 11 heteroatoms. The Balaban J connectivity index is 0.00000461. The molecule has 5 rings (SSSR count). The molecule has 0 spiro atoms. The standard InChI is InChI=1S/C34H44N4O5S.ClH/c1-41-30-8-6-25(23-31(30)42-2)26(24-35)22-29-7-10-33(44-29)38-20-14-28(15-21-38)43-34(40)11-9-32(39)37-18-12-27(13-19-37)36-16-4-3-5-17-36;/h6-8,10,22-23,27-28H,3-5,9,11-21H2,1-2H3;1H/b26-22+;. The number of nitriles is 1. The van der Waals surface area contributed by atoms with Gasteiger partial charge < -0.3 is 28.9 Å². The number of carbonyl (C=O) groups excluding carboxylic acids is 2. The Morgan fingerprint density at radius 3 is 2.29 bits per heavy atom. The van der Waals surface area contributed by atoms with Crippen LogP contribution in [0.5, 0.6) is 11.5 Å². The van der Waals surface area contributed by atoms with Crippen LogP contribution < -0.4 is 14.4 Å². The van der Waals surface area contributed by atoms with Crippen molar-refractivity contribution in [3.05, 3.63) is 40.8 Å². The summed E-state index contributed by atoms with van der Waals surface area (Å²) in [5.41, 5.74) is 1.31. The lowest BCUT2D eigenvalue weighted by Crippen LogP contribution is -2.48. The number of benzene rings is 1. The van der Waals surface area contributed by atoms with E-state index in [4.69, 9.17) is 14.2 Å². The van der Waals surface area contributed by atoms with Crippen LogP contribution in [0.25, 0.3) is 11.6 Å². The SMILES string of the molecule is COc1ccc(/C(C#N)=C/c2ccc(N3CCC(OC(=O)CCC(=O)N4CCC(N5CCCCC5)CC4)CC3)s2)cc1OC.Cl. The Kier molecular flexibility index (Phi) is 13.0. The maximum atomic E-state index is 12.8. The summed E-state index contributed by atoms with van der Waals surface area (Å²) in [6.45, 7) is 5.55. The summed E-state index contributed by atoms with van der Waals surface area (Å²) in [5, 5.41) is 10.9. The smallest absolute Gasteiger partial charge is 0.306 e. The summed E-state index contributed by atoms with van der Waals surface area (Å²) in [6.07, 6.45) is 9.64. The molecule has 0 N–H and O–H groups in total. The van der Waals surface area contributed by atoms with E-state index in [9.17, 15) is 14.9 Å². The molecule has 0 bridgehead atoms. The topological polar surface area (TPSA) is 95.3 Å². The van der Waals surface area contributed by atoms with Crippen LogP contribution in [0.1, 0.15) is 68.2 Å². The maximum Gasteiger partial charge on any atom is 0.306 e. The number of likely N-dealkylation sites (tertiary alicyclic amines) is 2. The van der Waals surface area contributed by atoms with E-state index in [-0.39, 0.29) is 43.2 Å². The van der Waals surface area contributed by atoms with Crippen molar-refractivity contribution in [2.75, 3.05) is 58.4 Å². The molecule has 0 aliphatic carbocycles. The van der Waals surface area contributed by atoms with Crippen molar-refractivity contribution >= 4 is 52.3 Å². The first-order valence-corrected chi connectivity index (χ1v) is 16.7. The number of hydrogen-bond acceptors (Lipinski definition) is 9. The van der Waals surface area contributed by atoms with Crippen LogP contribution in [0, 0.1) is 11.3 Å². The van der Waals surface area contributed by atoms with Gasteiger partial charge >= 0.3 is 5.97 Å². The summed E-state index contributed by atoms with van der Waals surface area (Å²) >= 11 is 1.63. The van der Waals surface area contributed by atoms with Gasteiger partial charge in [-0.05, 0) is 80.7 Å². The van der Waals surface area contributed by atoms with E-state index in [1.807, 2.05) is 29.2 Å².